The van der Waals surface area contributed by atoms with Crippen LogP contribution in [0.5, 0.6) is 0 Å². The van der Waals surface area contributed by atoms with Gasteiger partial charge in [0.2, 0.25) is 0 Å². The van der Waals surface area contributed by atoms with E-state index < -0.39 is 11.6 Å². The normalized spacial score (nSPS) is 18.9. The van der Waals surface area contributed by atoms with Crippen LogP contribution in [-0.4, -0.2) is 20.3 Å². The van der Waals surface area contributed by atoms with Crippen molar-refractivity contribution >= 4 is 0 Å². The third-order valence-corrected chi connectivity index (χ3v) is 3.69. The number of rotatable bonds is 3. The lowest BCUT2D eigenvalue weighted by Crippen LogP contribution is -2.30. The molecule has 2 rings (SSSR count). The molecule has 0 aromatic heterocycles. The van der Waals surface area contributed by atoms with Crippen molar-refractivity contribution in [3.05, 3.63) is 34.9 Å². The Morgan fingerprint density at radius 1 is 1.22 bits per heavy atom. The van der Waals surface area contributed by atoms with Gasteiger partial charge in [0.15, 0.2) is 11.6 Å². The molecule has 0 spiro atoms. The van der Waals surface area contributed by atoms with Crippen LogP contribution in [-0.2, 0) is 4.74 Å². The highest BCUT2D eigenvalue weighted by molar-refractivity contribution is 5.28. The van der Waals surface area contributed by atoms with Crippen molar-refractivity contribution < 1.29 is 13.5 Å². The summed E-state index contributed by atoms with van der Waals surface area (Å²) >= 11 is 0. The minimum absolute atomic E-state index is 0.149. The minimum Gasteiger partial charge on any atom is -0.381 e. The predicted octanol–water partition coefficient (Wildman–Crippen LogP) is 2.96. The van der Waals surface area contributed by atoms with Crippen LogP contribution in [0.2, 0.25) is 0 Å². The summed E-state index contributed by atoms with van der Waals surface area (Å²) in [5.41, 5.74) is 0.769. The van der Waals surface area contributed by atoms with Crippen LogP contribution in [0.3, 0.4) is 0 Å². The van der Waals surface area contributed by atoms with E-state index in [0.29, 0.717) is 30.3 Å². The van der Waals surface area contributed by atoms with Crippen LogP contribution >= 0.6 is 0 Å². The zero-order valence-corrected chi connectivity index (χ0v) is 10.8. The zero-order valence-electron chi connectivity index (χ0n) is 10.8. The quantitative estimate of drug-likeness (QED) is 0.896. The van der Waals surface area contributed by atoms with Crippen molar-refractivity contribution in [3.8, 4) is 0 Å². The van der Waals surface area contributed by atoms with E-state index in [9.17, 15) is 8.78 Å². The standard InChI is InChI=1S/C14H19F2NO/c1-9-3-4-11(13(16)12(9)15)14(17-2)10-5-7-18-8-6-10/h3-4,10,14,17H,5-8H2,1-2H3. The lowest BCUT2D eigenvalue weighted by Gasteiger charge is -2.30. The predicted molar refractivity (Wildman–Crippen MR) is 66.4 cm³/mol. The maximum absolute atomic E-state index is 14.0. The van der Waals surface area contributed by atoms with Gasteiger partial charge in [-0.05, 0) is 38.3 Å². The zero-order chi connectivity index (χ0) is 13.1. The Hall–Kier alpha value is -1.00. The average molecular weight is 255 g/mol. The molecule has 18 heavy (non-hydrogen) atoms. The fourth-order valence-electron chi connectivity index (χ4n) is 2.60. The average Bonchev–Trinajstić information content (AvgIpc) is 2.41. The maximum Gasteiger partial charge on any atom is 0.163 e. The van der Waals surface area contributed by atoms with Crippen molar-refractivity contribution in [2.45, 2.75) is 25.8 Å². The molecule has 0 radical (unpaired) electrons. The minimum atomic E-state index is -0.736. The van der Waals surface area contributed by atoms with Gasteiger partial charge in [0.05, 0.1) is 0 Å². The van der Waals surface area contributed by atoms with Crippen molar-refractivity contribution in [1.29, 1.82) is 0 Å². The molecule has 0 amide bonds. The number of benzene rings is 1. The molecule has 1 fully saturated rings. The summed E-state index contributed by atoms with van der Waals surface area (Å²) in [5.74, 6) is -1.17. The molecule has 0 saturated carbocycles. The molecule has 0 aliphatic carbocycles. The molecule has 1 N–H and O–H groups in total. The molecule has 2 nitrogen and oxygen atoms in total. The highest BCUT2D eigenvalue weighted by atomic mass is 19.2. The second-order valence-corrected chi connectivity index (χ2v) is 4.82. The summed E-state index contributed by atoms with van der Waals surface area (Å²) < 4.78 is 32.9. The van der Waals surface area contributed by atoms with E-state index in [1.165, 1.54) is 0 Å². The Morgan fingerprint density at radius 3 is 2.50 bits per heavy atom. The first-order valence-electron chi connectivity index (χ1n) is 6.34. The fraction of sp³-hybridized carbons (Fsp3) is 0.571. The van der Waals surface area contributed by atoms with Gasteiger partial charge in [0, 0.05) is 24.8 Å². The van der Waals surface area contributed by atoms with E-state index >= 15 is 0 Å². The molecule has 1 unspecified atom stereocenters. The first-order chi connectivity index (χ1) is 8.65. The molecule has 1 atom stereocenters. The van der Waals surface area contributed by atoms with Crippen molar-refractivity contribution in [2.75, 3.05) is 20.3 Å². The number of hydrogen-bond acceptors (Lipinski definition) is 2. The number of nitrogens with one attached hydrogen (secondary N) is 1. The molecule has 1 heterocycles. The Morgan fingerprint density at radius 2 is 1.89 bits per heavy atom. The van der Waals surface area contributed by atoms with Crippen LogP contribution in [0.15, 0.2) is 12.1 Å². The smallest absolute Gasteiger partial charge is 0.163 e. The molecule has 1 saturated heterocycles. The summed E-state index contributed by atoms with van der Waals surface area (Å²) in [5, 5.41) is 3.11. The van der Waals surface area contributed by atoms with Crippen LogP contribution in [0.25, 0.3) is 0 Å². The van der Waals surface area contributed by atoms with Gasteiger partial charge in [-0.1, -0.05) is 12.1 Å². The van der Waals surface area contributed by atoms with Crippen molar-refractivity contribution in [2.24, 2.45) is 5.92 Å². The molecule has 1 aromatic carbocycles. The summed E-state index contributed by atoms with van der Waals surface area (Å²) in [6.07, 6.45) is 1.75. The second kappa shape index (κ2) is 5.76. The van der Waals surface area contributed by atoms with Gasteiger partial charge in [0.1, 0.15) is 0 Å². The molecule has 1 aromatic rings. The van der Waals surface area contributed by atoms with E-state index in [1.807, 2.05) is 0 Å². The molecule has 0 bridgehead atoms. The summed E-state index contributed by atoms with van der Waals surface area (Å²) in [6.45, 7) is 2.96. The lowest BCUT2D eigenvalue weighted by atomic mass is 9.86. The Labute approximate surface area is 106 Å². The summed E-state index contributed by atoms with van der Waals surface area (Å²) in [6, 6.07) is 3.17. The molecule has 1 aliphatic heterocycles. The van der Waals surface area contributed by atoms with Gasteiger partial charge >= 0.3 is 0 Å². The van der Waals surface area contributed by atoms with E-state index in [-0.39, 0.29) is 6.04 Å². The summed E-state index contributed by atoms with van der Waals surface area (Å²) in [7, 11) is 1.79. The highest BCUT2D eigenvalue weighted by Crippen LogP contribution is 2.32. The third-order valence-electron chi connectivity index (χ3n) is 3.69. The van der Waals surface area contributed by atoms with Crippen LogP contribution < -0.4 is 5.32 Å². The fourth-order valence-corrected chi connectivity index (χ4v) is 2.60. The second-order valence-electron chi connectivity index (χ2n) is 4.82. The van der Waals surface area contributed by atoms with Crippen LogP contribution in [0.1, 0.15) is 30.0 Å². The monoisotopic (exact) mass is 255 g/mol. The number of hydrogen-bond donors (Lipinski definition) is 1. The van der Waals surface area contributed by atoms with Gasteiger partial charge < -0.3 is 10.1 Å². The first-order valence-corrected chi connectivity index (χ1v) is 6.34. The van der Waals surface area contributed by atoms with E-state index in [2.05, 4.69) is 5.32 Å². The van der Waals surface area contributed by atoms with Crippen molar-refractivity contribution in [1.82, 2.24) is 5.32 Å². The van der Waals surface area contributed by atoms with Gasteiger partial charge in [-0.15, -0.1) is 0 Å². The summed E-state index contributed by atoms with van der Waals surface area (Å²) in [4.78, 5) is 0. The molecule has 100 valence electrons. The Bertz CT molecular complexity index is 417. The molecular formula is C14H19F2NO. The SMILES string of the molecule is CNC(c1ccc(C)c(F)c1F)C1CCOCC1. The number of aryl methyl sites for hydroxylation is 1. The van der Waals surface area contributed by atoms with Gasteiger partial charge in [-0.3, -0.25) is 0 Å². The van der Waals surface area contributed by atoms with E-state index in [1.54, 1.807) is 26.1 Å². The third kappa shape index (κ3) is 2.54. The first kappa shape index (κ1) is 13.4. The number of ether oxygens (including phenoxy) is 1. The van der Waals surface area contributed by atoms with Crippen molar-refractivity contribution in [3.63, 3.8) is 0 Å². The molecule has 4 heteroatoms. The van der Waals surface area contributed by atoms with Gasteiger partial charge in [0.25, 0.3) is 0 Å². The lowest BCUT2D eigenvalue weighted by molar-refractivity contribution is 0.0541. The van der Waals surface area contributed by atoms with Gasteiger partial charge in [-0.2, -0.15) is 0 Å². The molecule has 1 aliphatic rings. The largest absolute Gasteiger partial charge is 0.381 e. The van der Waals surface area contributed by atoms with E-state index in [0.717, 1.165) is 12.8 Å². The Balaban J connectivity index is 2.29. The number of halogens is 2. The van der Waals surface area contributed by atoms with Crippen LogP contribution in [0, 0.1) is 24.5 Å². The van der Waals surface area contributed by atoms with E-state index in [4.69, 9.17) is 4.74 Å². The highest BCUT2D eigenvalue weighted by Gasteiger charge is 2.27. The Kier molecular flexibility index (Phi) is 4.30. The maximum atomic E-state index is 14.0. The van der Waals surface area contributed by atoms with Crippen LogP contribution in [0.4, 0.5) is 8.78 Å². The topological polar surface area (TPSA) is 21.3 Å². The van der Waals surface area contributed by atoms with Gasteiger partial charge in [-0.25, -0.2) is 8.78 Å². The molecular weight excluding hydrogens is 236 g/mol.